The van der Waals surface area contributed by atoms with Crippen LogP contribution < -0.4 is 5.32 Å². The van der Waals surface area contributed by atoms with Crippen LogP contribution in [0.1, 0.15) is 27.2 Å². The van der Waals surface area contributed by atoms with E-state index in [0.29, 0.717) is 6.54 Å². The Morgan fingerprint density at radius 3 is 2.05 bits per heavy atom. The van der Waals surface area contributed by atoms with E-state index in [1.165, 1.54) is 4.90 Å². The first-order chi connectivity index (χ1) is 8.55. The molecule has 19 heavy (non-hydrogen) atoms. The number of carboxylic acids is 1. The Bertz CT molecular complexity index is 311. The number of nitrogens with zero attached hydrogens (tertiary/aromatic N) is 2. The molecule has 0 rings (SSSR count). The maximum atomic E-state index is 11.9. The molecule has 112 valence electrons. The molecule has 0 aromatic carbocycles. The summed E-state index contributed by atoms with van der Waals surface area (Å²) < 4.78 is 0. The van der Waals surface area contributed by atoms with E-state index >= 15 is 0 Å². The summed E-state index contributed by atoms with van der Waals surface area (Å²) >= 11 is 0. The van der Waals surface area contributed by atoms with Crippen molar-refractivity contribution in [1.29, 1.82) is 0 Å². The molecule has 0 aromatic rings. The second kappa shape index (κ2) is 7.33. The Morgan fingerprint density at radius 1 is 1.16 bits per heavy atom. The number of carboxylic acid groups (broad SMARTS) is 1. The van der Waals surface area contributed by atoms with Crippen LogP contribution >= 0.6 is 0 Å². The van der Waals surface area contributed by atoms with E-state index in [9.17, 15) is 9.59 Å². The first-order valence-corrected chi connectivity index (χ1v) is 6.45. The van der Waals surface area contributed by atoms with Crippen molar-refractivity contribution in [2.75, 3.05) is 34.2 Å². The van der Waals surface area contributed by atoms with Crippen LogP contribution in [0.3, 0.4) is 0 Å². The lowest BCUT2D eigenvalue weighted by Crippen LogP contribution is -2.52. The number of aliphatic carboxylic acids is 1. The highest BCUT2D eigenvalue weighted by molar-refractivity contribution is 5.83. The molecule has 0 saturated heterocycles. The third-order valence-corrected chi connectivity index (χ3v) is 2.83. The Labute approximate surface area is 115 Å². The van der Waals surface area contributed by atoms with Gasteiger partial charge >= 0.3 is 12.0 Å². The molecule has 0 bridgehead atoms. The molecule has 6 heteroatoms. The fraction of sp³-hybridized carbons (Fsp3) is 0.846. The summed E-state index contributed by atoms with van der Waals surface area (Å²) in [5, 5.41) is 11.7. The largest absolute Gasteiger partial charge is 0.480 e. The Hall–Kier alpha value is -1.30. The Balaban J connectivity index is 4.37. The number of nitrogens with one attached hydrogen (secondary N) is 1. The van der Waals surface area contributed by atoms with Gasteiger partial charge in [0.15, 0.2) is 0 Å². The molecule has 1 atom stereocenters. The zero-order chi connectivity index (χ0) is 15.2. The molecular formula is C13H27N3O3. The van der Waals surface area contributed by atoms with Crippen LogP contribution in [-0.4, -0.2) is 67.2 Å². The average molecular weight is 273 g/mol. The minimum Gasteiger partial charge on any atom is -0.480 e. The number of hydrogen-bond donors (Lipinski definition) is 2. The van der Waals surface area contributed by atoms with E-state index < -0.39 is 17.4 Å². The highest BCUT2D eigenvalue weighted by Gasteiger charge is 2.33. The SMILES string of the molecule is CN(C)CCCN(C)C(=O)NC(C(=O)O)C(C)(C)C. The number of urea groups is 1. The molecule has 0 radical (unpaired) electrons. The summed E-state index contributed by atoms with van der Waals surface area (Å²) in [7, 11) is 5.62. The van der Waals surface area contributed by atoms with Gasteiger partial charge in [-0.05, 0) is 32.5 Å². The van der Waals surface area contributed by atoms with E-state index in [4.69, 9.17) is 5.11 Å². The highest BCUT2D eigenvalue weighted by atomic mass is 16.4. The van der Waals surface area contributed by atoms with Crippen molar-refractivity contribution in [3.63, 3.8) is 0 Å². The third-order valence-electron chi connectivity index (χ3n) is 2.83. The summed E-state index contributed by atoms with van der Waals surface area (Å²) in [5.41, 5.74) is -0.522. The molecule has 2 N–H and O–H groups in total. The van der Waals surface area contributed by atoms with E-state index in [1.54, 1.807) is 27.8 Å². The lowest BCUT2D eigenvalue weighted by Gasteiger charge is -2.30. The van der Waals surface area contributed by atoms with Gasteiger partial charge < -0.3 is 20.2 Å². The number of carbonyl (C=O) groups is 2. The maximum absolute atomic E-state index is 11.9. The highest BCUT2D eigenvalue weighted by Crippen LogP contribution is 2.19. The molecule has 0 aliphatic carbocycles. The van der Waals surface area contributed by atoms with Gasteiger partial charge in [-0.2, -0.15) is 0 Å². The molecule has 2 amide bonds. The van der Waals surface area contributed by atoms with Crippen LogP contribution in [0, 0.1) is 5.41 Å². The van der Waals surface area contributed by atoms with E-state index in [-0.39, 0.29) is 6.03 Å². The second-order valence-electron chi connectivity index (χ2n) is 6.17. The number of rotatable bonds is 6. The van der Waals surface area contributed by atoms with Gasteiger partial charge in [0.05, 0.1) is 0 Å². The van der Waals surface area contributed by atoms with Crippen molar-refractivity contribution >= 4 is 12.0 Å². The molecule has 0 aromatic heterocycles. The molecule has 0 saturated carbocycles. The smallest absolute Gasteiger partial charge is 0.326 e. The predicted octanol–water partition coefficient (Wildman–Crippen LogP) is 1.08. The molecular weight excluding hydrogens is 246 g/mol. The van der Waals surface area contributed by atoms with Gasteiger partial charge in [0.1, 0.15) is 6.04 Å². The van der Waals surface area contributed by atoms with Crippen LogP contribution in [0.2, 0.25) is 0 Å². The maximum Gasteiger partial charge on any atom is 0.326 e. The topological polar surface area (TPSA) is 72.9 Å². The van der Waals surface area contributed by atoms with Crippen molar-refractivity contribution in [2.24, 2.45) is 5.41 Å². The predicted molar refractivity (Wildman–Crippen MR) is 75.2 cm³/mol. The van der Waals surface area contributed by atoms with Gasteiger partial charge in [-0.3, -0.25) is 0 Å². The van der Waals surface area contributed by atoms with Crippen molar-refractivity contribution < 1.29 is 14.7 Å². The zero-order valence-corrected chi connectivity index (χ0v) is 12.9. The number of carbonyl (C=O) groups excluding carboxylic acids is 1. The monoisotopic (exact) mass is 273 g/mol. The quantitative estimate of drug-likeness (QED) is 0.759. The molecule has 0 spiro atoms. The van der Waals surface area contributed by atoms with Gasteiger partial charge in [0.2, 0.25) is 0 Å². The summed E-state index contributed by atoms with van der Waals surface area (Å²) in [5.74, 6) is -1.01. The molecule has 1 unspecified atom stereocenters. The van der Waals surface area contributed by atoms with E-state index in [2.05, 4.69) is 5.32 Å². The first-order valence-electron chi connectivity index (χ1n) is 6.45. The van der Waals surface area contributed by atoms with Crippen LogP contribution in [0.5, 0.6) is 0 Å². The standard InChI is InChI=1S/C13H27N3O3/c1-13(2,3)10(11(17)18)14-12(19)16(6)9-7-8-15(4)5/h10H,7-9H2,1-6H3,(H,14,19)(H,17,18). The second-order valence-corrected chi connectivity index (χ2v) is 6.17. The third kappa shape index (κ3) is 7.00. The van der Waals surface area contributed by atoms with Crippen LogP contribution in [0.4, 0.5) is 4.79 Å². The van der Waals surface area contributed by atoms with Crippen molar-refractivity contribution in [3.8, 4) is 0 Å². The van der Waals surface area contributed by atoms with Gasteiger partial charge in [0, 0.05) is 13.6 Å². The molecule has 0 aliphatic heterocycles. The molecule has 6 nitrogen and oxygen atoms in total. The Morgan fingerprint density at radius 2 is 1.68 bits per heavy atom. The van der Waals surface area contributed by atoms with Crippen LogP contribution in [-0.2, 0) is 4.79 Å². The fourth-order valence-corrected chi connectivity index (χ4v) is 1.61. The van der Waals surface area contributed by atoms with E-state index in [0.717, 1.165) is 13.0 Å². The van der Waals surface area contributed by atoms with Crippen molar-refractivity contribution in [3.05, 3.63) is 0 Å². The van der Waals surface area contributed by atoms with Crippen LogP contribution in [0.25, 0.3) is 0 Å². The molecule has 0 aliphatic rings. The molecule has 0 fully saturated rings. The first kappa shape index (κ1) is 17.7. The lowest BCUT2D eigenvalue weighted by molar-refractivity contribution is -0.142. The molecule has 0 heterocycles. The number of hydrogen-bond acceptors (Lipinski definition) is 3. The summed E-state index contributed by atoms with van der Waals surface area (Å²) in [6, 6.07) is -1.24. The van der Waals surface area contributed by atoms with E-state index in [1.807, 2.05) is 19.0 Å². The van der Waals surface area contributed by atoms with Crippen LogP contribution in [0.15, 0.2) is 0 Å². The minimum atomic E-state index is -1.01. The van der Waals surface area contributed by atoms with Gasteiger partial charge in [0.25, 0.3) is 0 Å². The fourth-order valence-electron chi connectivity index (χ4n) is 1.61. The summed E-state index contributed by atoms with van der Waals surface area (Å²) in [6.45, 7) is 6.86. The Kier molecular flexibility index (Phi) is 6.83. The van der Waals surface area contributed by atoms with Crippen molar-refractivity contribution in [1.82, 2.24) is 15.1 Å². The van der Waals surface area contributed by atoms with Crippen molar-refractivity contribution in [2.45, 2.75) is 33.2 Å². The number of amides is 2. The van der Waals surface area contributed by atoms with Gasteiger partial charge in [-0.1, -0.05) is 20.8 Å². The zero-order valence-electron chi connectivity index (χ0n) is 12.9. The average Bonchev–Trinajstić information content (AvgIpc) is 2.22. The van der Waals surface area contributed by atoms with Gasteiger partial charge in [-0.15, -0.1) is 0 Å². The van der Waals surface area contributed by atoms with Gasteiger partial charge in [-0.25, -0.2) is 9.59 Å². The lowest BCUT2D eigenvalue weighted by atomic mass is 9.87. The minimum absolute atomic E-state index is 0.346. The normalized spacial score (nSPS) is 13.2. The summed E-state index contributed by atoms with van der Waals surface area (Å²) in [6.07, 6.45) is 0.851. The summed E-state index contributed by atoms with van der Waals surface area (Å²) in [4.78, 5) is 26.6.